The summed E-state index contributed by atoms with van der Waals surface area (Å²) in [5, 5.41) is 2.72. The average molecular weight is 307 g/mol. The maximum atomic E-state index is 12.0. The predicted molar refractivity (Wildman–Crippen MR) is 91.4 cm³/mol. The molecule has 0 spiro atoms. The number of fused-ring (bicyclic) bond motifs is 1. The Morgan fingerprint density at radius 3 is 2.83 bits per heavy atom. The summed E-state index contributed by atoms with van der Waals surface area (Å²) in [6, 6.07) is 15.2. The van der Waals surface area contributed by atoms with Gasteiger partial charge in [0.05, 0.1) is 17.6 Å². The molecule has 1 amide bonds. The van der Waals surface area contributed by atoms with Crippen molar-refractivity contribution in [1.82, 2.24) is 9.97 Å². The smallest absolute Gasteiger partial charge is 0.250 e. The van der Waals surface area contributed by atoms with Gasteiger partial charge in [-0.1, -0.05) is 30.3 Å². The molecule has 2 aromatic carbocycles. The third-order valence-electron chi connectivity index (χ3n) is 3.26. The second-order valence-corrected chi connectivity index (χ2v) is 4.90. The molecule has 2 N–H and O–H groups in total. The summed E-state index contributed by atoms with van der Waals surface area (Å²) in [4.78, 5) is 19.4. The van der Waals surface area contributed by atoms with Crippen molar-refractivity contribution >= 4 is 29.0 Å². The third kappa shape index (κ3) is 3.58. The number of para-hydroxylation sites is 3. The van der Waals surface area contributed by atoms with Gasteiger partial charge in [0, 0.05) is 11.6 Å². The van der Waals surface area contributed by atoms with E-state index in [2.05, 4.69) is 15.3 Å². The van der Waals surface area contributed by atoms with Crippen LogP contribution in [0.25, 0.3) is 17.1 Å². The highest BCUT2D eigenvalue weighted by atomic mass is 16.5. The number of benzene rings is 2. The molecule has 0 bridgehead atoms. The summed E-state index contributed by atoms with van der Waals surface area (Å²) >= 11 is 0. The van der Waals surface area contributed by atoms with Crippen LogP contribution < -0.4 is 10.1 Å². The minimum Gasteiger partial charge on any atom is -0.493 e. The van der Waals surface area contributed by atoms with E-state index in [9.17, 15) is 4.79 Å². The van der Waals surface area contributed by atoms with Crippen molar-refractivity contribution in [2.24, 2.45) is 0 Å². The zero-order chi connectivity index (χ0) is 16.1. The van der Waals surface area contributed by atoms with Gasteiger partial charge in [-0.25, -0.2) is 4.98 Å². The van der Waals surface area contributed by atoms with Gasteiger partial charge in [0.2, 0.25) is 5.95 Å². The molecule has 0 fully saturated rings. The lowest BCUT2D eigenvalue weighted by Gasteiger charge is -2.06. The molecule has 3 rings (SSSR count). The van der Waals surface area contributed by atoms with E-state index in [0.717, 1.165) is 22.3 Å². The Labute approximate surface area is 134 Å². The normalized spacial score (nSPS) is 11.0. The Bertz CT molecular complexity index is 819. The van der Waals surface area contributed by atoms with Gasteiger partial charge in [0.1, 0.15) is 5.75 Å². The maximum Gasteiger partial charge on any atom is 0.250 e. The fourth-order valence-corrected chi connectivity index (χ4v) is 2.24. The lowest BCUT2D eigenvalue weighted by atomic mass is 10.2. The monoisotopic (exact) mass is 307 g/mol. The number of carbonyl (C=O) groups excluding carboxylic acids is 1. The van der Waals surface area contributed by atoms with Gasteiger partial charge in [-0.05, 0) is 31.2 Å². The van der Waals surface area contributed by atoms with E-state index in [4.69, 9.17) is 4.74 Å². The lowest BCUT2D eigenvalue weighted by molar-refractivity contribution is -0.111. The number of imidazole rings is 1. The van der Waals surface area contributed by atoms with Gasteiger partial charge in [0.25, 0.3) is 5.91 Å². The van der Waals surface area contributed by atoms with Crippen molar-refractivity contribution in [3.8, 4) is 5.75 Å². The molecule has 0 unspecified atom stereocenters. The molecule has 116 valence electrons. The second kappa shape index (κ2) is 6.79. The predicted octanol–water partition coefficient (Wildman–Crippen LogP) is 3.61. The number of anilines is 1. The number of aromatic nitrogens is 2. The molecule has 1 aromatic heterocycles. The Balaban J connectivity index is 1.71. The van der Waals surface area contributed by atoms with E-state index in [1.54, 1.807) is 6.08 Å². The number of rotatable bonds is 5. The first kappa shape index (κ1) is 14.8. The lowest BCUT2D eigenvalue weighted by Crippen LogP contribution is -2.08. The van der Waals surface area contributed by atoms with Crippen molar-refractivity contribution in [3.63, 3.8) is 0 Å². The second-order valence-electron chi connectivity index (χ2n) is 4.90. The number of hydrogen-bond acceptors (Lipinski definition) is 3. The van der Waals surface area contributed by atoms with Crippen LogP contribution in [0.3, 0.4) is 0 Å². The molecule has 0 saturated carbocycles. The van der Waals surface area contributed by atoms with Crippen LogP contribution in [-0.4, -0.2) is 22.5 Å². The number of H-pyrrole nitrogens is 1. The molecule has 5 nitrogen and oxygen atoms in total. The van der Waals surface area contributed by atoms with Crippen molar-refractivity contribution in [2.45, 2.75) is 6.92 Å². The largest absolute Gasteiger partial charge is 0.493 e. The molecule has 0 aliphatic rings. The number of hydrogen-bond donors (Lipinski definition) is 2. The molecule has 5 heteroatoms. The van der Waals surface area contributed by atoms with Crippen LogP contribution in [0.5, 0.6) is 5.75 Å². The van der Waals surface area contributed by atoms with E-state index in [1.807, 2.05) is 55.5 Å². The fraction of sp³-hybridized carbons (Fsp3) is 0.111. The van der Waals surface area contributed by atoms with Crippen LogP contribution in [-0.2, 0) is 4.79 Å². The highest BCUT2D eigenvalue weighted by molar-refractivity contribution is 6.01. The van der Waals surface area contributed by atoms with Gasteiger partial charge in [-0.15, -0.1) is 0 Å². The van der Waals surface area contributed by atoms with Gasteiger partial charge in [-0.3, -0.25) is 10.1 Å². The number of carbonyl (C=O) groups is 1. The quantitative estimate of drug-likeness (QED) is 0.708. The summed E-state index contributed by atoms with van der Waals surface area (Å²) in [6.07, 6.45) is 3.19. The first-order valence-corrected chi connectivity index (χ1v) is 7.42. The topological polar surface area (TPSA) is 67.0 Å². The zero-order valence-electron chi connectivity index (χ0n) is 12.7. The standard InChI is InChI=1S/C18H17N3O2/c1-2-23-16-10-6-3-7-13(16)11-12-17(22)21-18-19-14-8-4-5-9-15(14)20-18/h3-12H,2H2,1H3,(H2,19,20,21,22)/b12-11+. The molecular weight excluding hydrogens is 290 g/mol. The molecule has 0 aliphatic heterocycles. The zero-order valence-corrected chi connectivity index (χ0v) is 12.7. The SMILES string of the molecule is CCOc1ccccc1/C=C/C(=O)Nc1nc2ccccc2[nH]1. The first-order chi connectivity index (χ1) is 11.3. The van der Waals surface area contributed by atoms with E-state index in [0.29, 0.717) is 12.6 Å². The summed E-state index contributed by atoms with van der Waals surface area (Å²) in [7, 11) is 0. The van der Waals surface area contributed by atoms with E-state index < -0.39 is 0 Å². The minimum absolute atomic E-state index is 0.254. The van der Waals surface area contributed by atoms with Crippen LogP contribution in [0.2, 0.25) is 0 Å². The number of amides is 1. The molecule has 0 atom stereocenters. The molecular formula is C18H17N3O2. The summed E-state index contributed by atoms with van der Waals surface area (Å²) in [5.74, 6) is 0.928. The van der Waals surface area contributed by atoms with Gasteiger partial charge < -0.3 is 9.72 Å². The van der Waals surface area contributed by atoms with Crippen LogP contribution in [0, 0.1) is 0 Å². The van der Waals surface area contributed by atoms with Crippen molar-refractivity contribution in [3.05, 3.63) is 60.2 Å². The van der Waals surface area contributed by atoms with Gasteiger partial charge >= 0.3 is 0 Å². The number of ether oxygens (including phenoxy) is 1. The minimum atomic E-state index is -0.254. The highest BCUT2D eigenvalue weighted by Crippen LogP contribution is 2.19. The van der Waals surface area contributed by atoms with Crippen LogP contribution >= 0.6 is 0 Å². The summed E-state index contributed by atoms with van der Waals surface area (Å²) in [6.45, 7) is 2.50. The van der Waals surface area contributed by atoms with Crippen LogP contribution in [0.15, 0.2) is 54.6 Å². The molecule has 23 heavy (non-hydrogen) atoms. The highest BCUT2D eigenvalue weighted by Gasteiger charge is 2.05. The first-order valence-electron chi connectivity index (χ1n) is 7.42. The molecule has 0 saturated heterocycles. The maximum absolute atomic E-state index is 12.0. The summed E-state index contributed by atoms with van der Waals surface area (Å²) in [5.41, 5.74) is 2.55. The fourth-order valence-electron chi connectivity index (χ4n) is 2.24. The number of nitrogens with zero attached hydrogens (tertiary/aromatic N) is 1. The molecule has 3 aromatic rings. The average Bonchev–Trinajstić information content (AvgIpc) is 2.96. The Morgan fingerprint density at radius 2 is 2.00 bits per heavy atom. The Hall–Kier alpha value is -3.08. The van der Waals surface area contributed by atoms with Crippen LogP contribution in [0.4, 0.5) is 5.95 Å². The molecule has 1 heterocycles. The third-order valence-corrected chi connectivity index (χ3v) is 3.26. The Morgan fingerprint density at radius 1 is 1.22 bits per heavy atom. The van der Waals surface area contributed by atoms with E-state index in [-0.39, 0.29) is 5.91 Å². The van der Waals surface area contributed by atoms with E-state index in [1.165, 1.54) is 6.08 Å². The van der Waals surface area contributed by atoms with Gasteiger partial charge in [-0.2, -0.15) is 0 Å². The van der Waals surface area contributed by atoms with Gasteiger partial charge in [0.15, 0.2) is 0 Å². The van der Waals surface area contributed by atoms with Crippen LogP contribution in [0.1, 0.15) is 12.5 Å². The van der Waals surface area contributed by atoms with Crippen molar-refractivity contribution < 1.29 is 9.53 Å². The van der Waals surface area contributed by atoms with Crippen molar-refractivity contribution in [2.75, 3.05) is 11.9 Å². The van der Waals surface area contributed by atoms with Crippen molar-refractivity contribution in [1.29, 1.82) is 0 Å². The summed E-state index contributed by atoms with van der Waals surface area (Å²) < 4.78 is 5.53. The number of nitrogens with one attached hydrogen (secondary N) is 2. The molecule has 0 aliphatic carbocycles. The van der Waals surface area contributed by atoms with E-state index >= 15 is 0 Å². The Kier molecular flexibility index (Phi) is 4.38. The number of aromatic amines is 1. The molecule has 0 radical (unpaired) electrons.